The van der Waals surface area contributed by atoms with Crippen LogP contribution in [0.3, 0.4) is 0 Å². The Balaban J connectivity index is 2.11. The van der Waals surface area contributed by atoms with E-state index in [9.17, 15) is 17.6 Å². The smallest absolute Gasteiger partial charge is 0.377 e. The third kappa shape index (κ3) is 3.12. The molecule has 0 aromatic heterocycles. The predicted octanol–water partition coefficient (Wildman–Crippen LogP) is 3.50. The van der Waals surface area contributed by atoms with Gasteiger partial charge >= 0.3 is 6.18 Å². The Morgan fingerprint density at radius 2 is 2.10 bits per heavy atom. The molecule has 1 aliphatic rings. The molecular weight excluding hydrogens is 274 g/mol. The summed E-state index contributed by atoms with van der Waals surface area (Å²) in [5.74, 6) is -1.25. The monoisotopic (exact) mass is 291 g/mol. The summed E-state index contributed by atoms with van der Waals surface area (Å²) in [6.45, 7) is 4.76. The van der Waals surface area contributed by atoms with Gasteiger partial charge in [0.15, 0.2) is 0 Å². The van der Waals surface area contributed by atoms with E-state index in [4.69, 9.17) is 4.74 Å². The van der Waals surface area contributed by atoms with E-state index < -0.39 is 17.6 Å². The lowest BCUT2D eigenvalue weighted by Crippen LogP contribution is -2.47. The van der Waals surface area contributed by atoms with E-state index in [1.165, 1.54) is 6.07 Å². The average molecular weight is 291 g/mol. The molecule has 0 aliphatic carbocycles. The normalized spacial score (nSPS) is 27.0. The lowest BCUT2D eigenvalue weighted by Gasteiger charge is -2.29. The van der Waals surface area contributed by atoms with Gasteiger partial charge in [0.1, 0.15) is 5.82 Å². The molecule has 0 radical (unpaired) electrons. The molecule has 0 spiro atoms. The third-order valence-corrected chi connectivity index (χ3v) is 3.92. The van der Waals surface area contributed by atoms with Crippen LogP contribution in [0.4, 0.5) is 17.6 Å². The first-order chi connectivity index (χ1) is 9.22. The van der Waals surface area contributed by atoms with Gasteiger partial charge in [-0.05, 0) is 38.0 Å². The summed E-state index contributed by atoms with van der Waals surface area (Å²) in [7, 11) is 0. The number of hydrogen-bond acceptors (Lipinski definition) is 2. The number of benzene rings is 1. The molecule has 1 aromatic carbocycles. The lowest BCUT2D eigenvalue weighted by molar-refractivity contribution is -0.140. The summed E-state index contributed by atoms with van der Waals surface area (Å²) >= 11 is 0. The van der Waals surface area contributed by atoms with Crippen LogP contribution in [0.5, 0.6) is 0 Å². The van der Waals surface area contributed by atoms with E-state index >= 15 is 0 Å². The fraction of sp³-hybridized carbons (Fsp3) is 0.571. The number of alkyl halides is 3. The van der Waals surface area contributed by atoms with Gasteiger partial charge in [0.05, 0.1) is 11.7 Å². The Bertz CT molecular complexity index is 489. The van der Waals surface area contributed by atoms with Gasteiger partial charge in [0.2, 0.25) is 0 Å². The molecule has 2 unspecified atom stereocenters. The quantitative estimate of drug-likeness (QED) is 0.861. The zero-order valence-corrected chi connectivity index (χ0v) is 11.4. The molecule has 0 amide bonds. The summed E-state index contributed by atoms with van der Waals surface area (Å²) in [5, 5.41) is 3.21. The Hall–Kier alpha value is -1.14. The van der Waals surface area contributed by atoms with Gasteiger partial charge in [-0.2, -0.15) is 13.2 Å². The minimum Gasteiger partial charge on any atom is -0.377 e. The molecule has 1 N–H and O–H groups in total. The Kier molecular flexibility index (Phi) is 4.07. The molecule has 1 saturated heterocycles. The van der Waals surface area contributed by atoms with Crippen molar-refractivity contribution in [2.24, 2.45) is 0 Å². The minimum absolute atomic E-state index is 0.00923. The number of ether oxygens (including phenoxy) is 1. The number of rotatable bonds is 3. The first kappa shape index (κ1) is 15.3. The maximum absolute atomic E-state index is 13.2. The molecule has 20 heavy (non-hydrogen) atoms. The lowest BCUT2D eigenvalue weighted by atomic mass is 9.94. The summed E-state index contributed by atoms with van der Waals surface area (Å²) in [6.07, 6.45) is -3.89. The van der Waals surface area contributed by atoms with Crippen molar-refractivity contribution in [3.63, 3.8) is 0 Å². The van der Waals surface area contributed by atoms with Gasteiger partial charge < -0.3 is 10.1 Å². The van der Waals surface area contributed by atoms with Crippen molar-refractivity contribution in [1.29, 1.82) is 0 Å². The van der Waals surface area contributed by atoms with E-state index in [1.807, 2.05) is 13.8 Å². The summed E-state index contributed by atoms with van der Waals surface area (Å²) in [4.78, 5) is 0. The molecule has 2 nitrogen and oxygen atoms in total. The van der Waals surface area contributed by atoms with Gasteiger partial charge in [-0.1, -0.05) is 6.07 Å². The highest BCUT2D eigenvalue weighted by Crippen LogP contribution is 2.32. The van der Waals surface area contributed by atoms with Crippen molar-refractivity contribution < 1.29 is 22.3 Å². The Labute approximate surface area is 115 Å². The van der Waals surface area contributed by atoms with Crippen LogP contribution in [0.2, 0.25) is 0 Å². The van der Waals surface area contributed by atoms with E-state index in [0.717, 1.165) is 18.6 Å². The van der Waals surface area contributed by atoms with Crippen LogP contribution in [0.15, 0.2) is 18.2 Å². The second kappa shape index (κ2) is 5.33. The number of hydrogen-bond donors (Lipinski definition) is 1. The van der Waals surface area contributed by atoms with Crippen molar-refractivity contribution in [3.05, 3.63) is 35.1 Å². The molecule has 0 saturated carbocycles. The van der Waals surface area contributed by atoms with E-state index in [-0.39, 0.29) is 18.2 Å². The molecular formula is C14H17F4NO. The first-order valence-electron chi connectivity index (χ1n) is 6.45. The Morgan fingerprint density at radius 1 is 1.40 bits per heavy atom. The van der Waals surface area contributed by atoms with Gasteiger partial charge in [0, 0.05) is 18.7 Å². The highest BCUT2D eigenvalue weighted by atomic mass is 19.4. The number of halogens is 4. The van der Waals surface area contributed by atoms with Crippen LogP contribution in [-0.4, -0.2) is 18.2 Å². The van der Waals surface area contributed by atoms with Crippen molar-refractivity contribution in [3.8, 4) is 0 Å². The van der Waals surface area contributed by atoms with Crippen molar-refractivity contribution >= 4 is 0 Å². The summed E-state index contributed by atoms with van der Waals surface area (Å²) in [6, 6.07) is 3.07. The van der Waals surface area contributed by atoms with Crippen LogP contribution in [-0.2, 0) is 17.5 Å². The average Bonchev–Trinajstić information content (AvgIpc) is 2.68. The molecule has 1 fully saturated rings. The maximum atomic E-state index is 13.2. The van der Waals surface area contributed by atoms with Gasteiger partial charge in [-0.15, -0.1) is 0 Å². The summed E-state index contributed by atoms with van der Waals surface area (Å²) in [5.41, 5.74) is -1.09. The second-order valence-electron chi connectivity index (χ2n) is 5.35. The SMILES string of the molecule is CC1OCCC1(C)NCc1ccc(F)c(C(F)(F)F)c1. The zero-order chi connectivity index (χ0) is 15.0. The zero-order valence-electron chi connectivity index (χ0n) is 11.4. The van der Waals surface area contributed by atoms with Gasteiger partial charge in [0.25, 0.3) is 0 Å². The minimum atomic E-state index is -4.67. The fourth-order valence-corrected chi connectivity index (χ4v) is 2.27. The van der Waals surface area contributed by atoms with E-state index in [1.54, 1.807) is 0 Å². The van der Waals surface area contributed by atoms with Crippen LogP contribution < -0.4 is 5.32 Å². The van der Waals surface area contributed by atoms with E-state index in [0.29, 0.717) is 12.2 Å². The van der Waals surface area contributed by atoms with Crippen molar-refractivity contribution in [2.45, 2.75) is 44.6 Å². The molecule has 1 aromatic rings. The standard InChI is InChI=1S/C14H17F4NO/c1-9-13(2,5-6-20-9)19-8-10-3-4-12(15)11(7-10)14(16,17)18/h3-4,7,9,19H,5-6,8H2,1-2H3. The van der Waals surface area contributed by atoms with Crippen LogP contribution in [0.1, 0.15) is 31.4 Å². The van der Waals surface area contributed by atoms with Gasteiger partial charge in [-0.3, -0.25) is 0 Å². The topological polar surface area (TPSA) is 21.3 Å². The molecule has 6 heteroatoms. The molecule has 1 aliphatic heterocycles. The van der Waals surface area contributed by atoms with Crippen LogP contribution in [0, 0.1) is 5.82 Å². The first-order valence-corrected chi connectivity index (χ1v) is 6.45. The molecule has 112 valence electrons. The third-order valence-electron chi connectivity index (χ3n) is 3.92. The van der Waals surface area contributed by atoms with Crippen molar-refractivity contribution in [2.75, 3.05) is 6.61 Å². The van der Waals surface area contributed by atoms with Crippen LogP contribution in [0.25, 0.3) is 0 Å². The van der Waals surface area contributed by atoms with E-state index in [2.05, 4.69) is 5.32 Å². The maximum Gasteiger partial charge on any atom is 0.419 e. The van der Waals surface area contributed by atoms with Crippen molar-refractivity contribution in [1.82, 2.24) is 5.32 Å². The highest BCUT2D eigenvalue weighted by molar-refractivity contribution is 5.27. The molecule has 2 rings (SSSR count). The van der Waals surface area contributed by atoms with Crippen LogP contribution >= 0.6 is 0 Å². The fourth-order valence-electron chi connectivity index (χ4n) is 2.27. The molecule has 1 heterocycles. The largest absolute Gasteiger partial charge is 0.419 e. The highest BCUT2D eigenvalue weighted by Gasteiger charge is 2.37. The molecule has 2 atom stereocenters. The predicted molar refractivity (Wildman–Crippen MR) is 66.7 cm³/mol. The number of nitrogens with one attached hydrogen (secondary N) is 1. The summed E-state index contributed by atoms with van der Waals surface area (Å²) < 4.78 is 56.5. The van der Waals surface area contributed by atoms with Gasteiger partial charge in [-0.25, -0.2) is 4.39 Å². The molecule has 0 bridgehead atoms. The Morgan fingerprint density at radius 3 is 2.65 bits per heavy atom. The second-order valence-corrected chi connectivity index (χ2v) is 5.35.